The number of benzene rings is 2. The molecule has 0 aliphatic rings. The fraction of sp³-hybridized carbons (Fsp3) is 0.263. The maximum atomic E-state index is 4.29. The lowest BCUT2D eigenvalue weighted by Gasteiger charge is -2.13. The van der Waals surface area contributed by atoms with Crippen LogP contribution in [0.2, 0.25) is 0 Å². The molecular formula is C19H23N5. The van der Waals surface area contributed by atoms with E-state index in [2.05, 4.69) is 63.2 Å². The van der Waals surface area contributed by atoms with Crippen molar-refractivity contribution in [3.63, 3.8) is 0 Å². The van der Waals surface area contributed by atoms with Gasteiger partial charge in [-0.1, -0.05) is 42.5 Å². The Hall–Kier alpha value is -2.82. The molecule has 3 rings (SSSR count). The molecule has 0 aliphatic carbocycles. The first kappa shape index (κ1) is 16.1. The van der Waals surface area contributed by atoms with Crippen molar-refractivity contribution in [1.82, 2.24) is 20.4 Å². The third kappa shape index (κ3) is 4.13. The molecule has 0 bridgehead atoms. The van der Waals surface area contributed by atoms with Gasteiger partial charge in [-0.3, -0.25) is 9.67 Å². The quantitative estimate of drug-likeness (QED) is 0.417. The van der Waals surface area contributed by atoms with E-state index in [0.717, 1.165) is 32.0 Å². The lowest BCUT2D eigenvalue weighted by molar-refractivity contribution is 0.570. The number of nitrogens with one attached hydrogen (secondary N) is 2. The molecule has 24 heavy (non-hydrogen) atoms. The zero-order valence-electron chi connectivity index (χ0n) is 13.9. The number of aliphatic imine (C=N–C) groups is 1. The van der Waals surface area contributed by atoms with Gasteiger partial charge < -0.3 is 10.6 Å². The van der Waals surface area contributed by atoms with Crippen LogP contribution in [-0.2, 0) is 13.1 Å². The Bertz CT molecular complexity index is 787. The van der Waals surface area contributed by atoms with Crippen molar-refractivity contribution >= 4 is 16.7 Å². The van der Waals surface area contributed by atoms with E-state index in [1.807, 2.05) is 16.9 Å². The van der Waals surface area contributed by atoms with Gasteiger partial charge in [0.05, 0.1) is 0 Å². The Morgan fingerprint density at radius 2 is 1.96 bits per heavy atom. The fourth-order valence-electron chi connectivity index (χ4n) is 2.73. The molecule has 0 fully saturated rings. The summed E-state index contributed by atoms with van der Waals surface area (Å²) in [6.07, 6.45) is 4.78. The molecule has 0 aliphatic heterocycles. The molecule has 1 aromatic heterocycles. The smallest absolute Gasteiger partial charge is 0.191 e. The van der Waals surface area contributed by atoms with Crippen LogP contribution >= 0.6 is 0 Å². The second-order valence-electron chi connectivity index (χ2n) is 5.61. The highest BCUT2D eigenvalue weighted by Crippen LogP contribution is 2.18. The zero-order valence-corrected chi connectivity index (χ0v) is 13.9. The second kappa shape index (κ2) is 8.15. The lowest BCUT2D eigenvalue weighted by Crippen LogP contribution is -2.37. The van der Waals surface area contributed by atoms with Gasteiger partial charge in [-0.05, 0) is 28.8 Å². The normalized spacial score (nSPS) is 11.6. The van der Waals surface area contributed by atoms with E-state index in [1.165, 1.54) is 16.3 Å². The first-order valence-corrected chi connectivity index (χ1v) is 8.25. The van der Waals surface area contributed by atoms with Gasteiger partial charge in [0.2, 0.25) is 0 Å². The summed E-state index contributed by atoms with van der Waals surface area (Å²) in [5.74, 6) is 0.823. The average Bonchev–Trinajstić information content (AvgIpc) is 3.14. The van der Waals surface area contributed by atoms with E-state index in [0.29, 0.717) is 0 Å². The predicted molar refractivity (Wildman–Crippen MR) is 99.0 cm³/mol. The first-order chi connectivity index (χ1) is 11.9. The largest absolute Gasteiger partial charge is 0.356 e. The van der Waals surface area contributed by atoms with Gasteiger partial charge >= 0.3 is 0 Å². The van der Waals surface area contributed by atoms with E-state index >= 15 is 0 Å². The highest BCUT2D eigenvalue weighted by molar-refractivity contribution is 5.86. The van der Waals surface area contributed by atoms with Gasteiger partial charge in [-0.25, -0.2) is 0 Å². The zero-order chi connectivity index (χ0) is 16.6. The molecule has 2 N–H and O–H groups in total. The number of aryl methyl sites for hydroxylation is 1. The highest BCUT2D eigenvalue weighted by atomic mass is 15.3. The maximum Gasteiger partial charge on any atom is 0.191 e. The van der Waals surface area contributed by atoms with Crippen molar-refractivity contribution in [2.45, 2.75) is 19.5 Å². The van der Waals surface area contributed by atoms with Crippen molar-refractivity contribution < 1.29 is 0 Å². The van der Waals surface area contributed by atoms with Crippen molar-refractivity contribution in [1.29, 1.82) is 0 Å². The Kier molecular flexibility index (Phi) is 5.45. The summed E-state index contributed by atoms with van der Waals surface area (Å²) < 4.78 is 1.94. The van der Waals surface area contributed by atoms with Crippen LogP contribution in [0.3, 0.4) is 0 Å². The Balaban J connectivity index is 1.50. The van der Waals surface area contributed by atoms with Gasteiger partial charge in [-0.15, -0.1) is 0 Å². The van der Waals surface area contributed by atoms with Gasteiger partial charge in [0.25, 0.3) is 0 Å². The molecule has 0 saturated carbocycles. The molecule has 0 saturated heterocycles. The summed E-state index contributed by atoms with van der Waals surface area (Å²) in [6.45, 7) is 2.51. The molecule has 0 spiro atoms. The van der Waals surface area contributed by atoms with Gasteiger partial charge in [0.1, 0.15) is 0 Å². The average molecular weight is 321 g/mol. The number of hydrogen-bond donors (Lipinski definition) is 2. The van der Waals surface area contributed by atoms with Crippen LogP contribution in [0.4, 0.5) is 0 Å². The molecule has 1 heterocycles. The number of nitrogens with zero attached hydrogens (tertiary/aromatic N) is 3. The molecule has 3 aromatic rings. The monoisotopic (exact) mass is 321 g/mol. The molecule has 0 unspecified atom stereocenters. The first-order valence-electron chi connectivity index (χ1n) is 8.25. The van der Waals surface area contributed by atoms with Crippen molar-refractivity contribution in [2.75, 3.05) is 13.6 Å². The van der Waals surface area contributed by atoms with E-state index < -0.39 is 0 Å². The number of hydrogen-bond acceptors (Lipinski definition) is 2. The van der Waals surface area contributed by atoms with Crippen LogP contribution in [0.5, 0.6) is 0 Å². The lowest BCUT2D eigenvalue weighted by atomic mass is 10.0. The van der Waals surface area contributed by atoms with Crippen LogP contribution in [0.15, 0.2) is 65.9 Å². The summed E-state index contributed by atoms with van der Waals surface area (Å²) in [7, 11) is 1.80. The number of guanidine groups is 1. The van der Waals surface area contributed by atoms with E-state index in [4.69, 9.17) is 0 Å². The topological polar surface area (TPSA) is 54.2 Å². The van der Waals surface area contributed by atoms with E-state index in [9.17, 15) is 0 Å². The molecule has 0 radical (unpaired) electrons. The third-order valence-electron chi connectivity index (χ3n) is 3.97. The van der Waals surface area contributed by atoms with Crippen molar-refractivity contribution in [2.24, 2.45) is 4.99 Å². The number of aromatic nitrogens is 2. The maximum absolute atomic E-state index is 4.29. The molecule has 5 nitrogen and oxygen atoms in total. The SMILES string of the molecule is CN=C(NCCCn1cccn1)NCc1cccc2ccccc12. The van der Waals surface area contributed by atoms with Crippen LogP contribution in [0.25, 0.3) is 10.8 Å². The number of fused-ring (bicyclic) bond motifs is 1. The molecule has 0 amide bonds. The summed E-state index contributed by atoms with van der Waals surface area (Å²) in [6, 6.07) is 16.8. The standard InChI is InChI=1S/C19H23N5/c1-20-19(21-11-5-13-24-14-6-12-23-24)22-15-17-9-4-8-16-7-2-3-10-18(16)17/h2-4,6-10,12,14H,5,11,13,15H2,1H3,(H2,20,21,22). The Morgan fingerprint density at radius 1 is 1.08 bits per heavy atom. The summed E-state index contributed by atoms with van der Waals surface area (Å²) >= 11 is 0. The van der Waals surface area contributed by atoms with E-state index in [-0.39, 0.29) is 0 Å². The number of rotatable bonds is 6. The summed E-state index contributed by atoms with van der Waals surface area (Å²) in [5.41, 5.74) is 1.27. The molecular weight excluding hydrogens is 298 g/mol. The molecule has 124 valence electrons. The van der Waals surface area contributed by atoms with Crippen LogP contribution < -0.4 is 10.6 Å². The summed E-state index contributed by atoms with van der Waals surface area (Å²) in [4.78, 5) is 4.29. The summed E-state index contributed by atoms with van der Waals surface area (Å²) in [5, 5.41) is 13.5. The van der Waals surface area contributed by atoms with E-state index in [1.54, 1.807) is 13.2 Å². The highest BCUT2D eigenvalue weighted by Gasteiger charge is 2.02. The van der Waals surface area contributed by atoms with Crippen molar-refractivity contribution in [3.05, 3.63) is 66.5 Å². The van der Waals surface area contributed by atoms with Crippen LogP contribution in [-0.4, -0.2) is 29.3 Å². The second-order valence-corrected chi connectivity index (χ2v) is 5.61. The minimum Gasteiger partial charge on any atom is -0.356 e. The van der Waals surface area contributed by atoms with Crippen LogP contribution in [0, 0.1) is 0 Å². The van der Waals surface area contributed by atoms with Gasteiger partial charge in [-0.2, -0.15) is 5.10 Å². The van der Waals surface area contributed by atoms with Crippen LogP contribution in [0.1, 0.15) is 12.0 Å². The van der Waals surface area contributed by atoms with Crippen molar-refractivity contribution in [3.8, 4) is 0 Å². The van der Waals surface area contributed by atoms with Gasteiger partial charge in [0.15, 0.2) is 5.96 Å². The Labute approximate surface area is 142 Å². The predicted octanol–water partition coefficient (Wildman–Crippen LogP) is 2.79. The molecule has 2 aromatic carbocycles. The fourth-order valence-corrected chi connectivity index (χ4v) is 2.73. The van der Waals surface area contributed by atoms with Gasteiger partial charge in [0, 0.05) is 39.1 Å². The molecule has 5 heteroatoms. The minimum atomic E-state index is 0.750. The Morgan fingerprint density at radius 3 is 2.79 bits per heavy atom. The minimum absolute atomic E-state index is 0.750. The third-order valence-corrected chi connectivity index (χ3v) is 3.97. The molecule has 0 atom stereocenters.